The normalized spacial score (nSPS) is 17.8. The minimum atomic E-state index is -0.690. The maximum Gasteiger partial charge on any atom is 0.407 e. The molecule has 9 heteroatoms. The highest BCUT2D eigenvalue weighted by Gasteiger charge is 2.46. The highest BCUT2D eigenvalue weighted by molar-refractivity contribution is 5.68. The smallest absolute Gasteiger partial charge is 0.407 e. The van der Waals surface area contributed by atoms with E-state index in [1.54, 1.807) is 19.9 Å². The number of carbonyl (C=O) groups is 2. The second-order valence-corrected chi connectivity index (χ2v) is 18.1. The number of alkyl carbamates (subject to hydrolysis) is 2. The Labute approximate surface area is 339 Å². The lowest BCUT2D eigenvalue weighted by molar-refractivity contribution is 0.0405. The van der Waals surface area contributed by atoms with Gasteiger partial charge >= 0.3 is 12.2 Å². The van der Waals surface area contributed by atoms with Gasteiger partial charge in [-0.1, -0.05) is 161 Å². The number of rotatable bonds is 30. The highest BCUT2D eigenvalue weighted by Crippen LogP contribution is 2.31. The summed E-state index contributed by atoms with van der Waals surface area (Å²) in [5.41, 5.74) is -1.07. The summed E-state index contributed by atoms with van der Waals surface area (Å²) in [4.78, 5) is 23.5. The number of unbranched alkanes of at least 4 members (excludes halogenated alkanes) is 21. The topological polar surface area (TPSA) is 130 Å². The number of ether oxygens (including phenoxy) is 3. The van der Waals surface area contributed by atoms with Crippen LogP contribution in [0.4, 0.5) is 9.59 Å². The van der Waals surface area contributed by atoms with Crippen LogP contribution in [-0.4, -0.2) is 70.1 Å². The minimum Gasteiger partial charge on any atom is -0.444 e. The molecule has 0 radical (unpaired) electrons. The molecule has 9 nitrogen and oxygen atoms in total. The van der Waals surface area contributed by atoms with Crippen LogP contribution in [0, 0.1) is 0 Å². The molecule has 1 aliphatic rings. The summed E-state index contributed by atoms with van der Waals surface area (Å²) in [7, 11) is 0. The predicted molar refractivity (Wildman–Crippen MR) is 230 cm³/mol. The molecule has 6 atom stereocenters. The van der Waals surface area contributed by atoms with Crippen molar-refractivity contribution in [3.63, 3.8) is 0 Å². The van der Waals surface area contributed by atoms with E-state index >= 15 is 0 Å². The number of aliphatic hydroxyl groups excluding tert-OH is 2. The van der Waals surface area contributed by atoms with E-state index in [-0.39, 0.29) is 24.3 Å². The van der Waals surface area contributed by atoms with Gasteiger partial charge in [0.25, 0.3) is 0 Å². The molecule has 0 aliphatic carbocycles. The molecule has 0 aromatic rings. The van der Waals surface area contributed by atoms with Gasteiger partial charge in [0, 0.05) is 0 Å². The summed E-state index contributed by atoms with van der Waals surface area (Å²) in [6, 6.07) is -0.754. The second kappa shape index (κ2) is 32.2. The fourth-order valence-electron chi connectivity index (χ4n) is 6.47. The molecule has 4 N–H and O–H groups in total. The molecular formula is C46H90N2O7. The summed E-state index contributed by atoms with van der Waals surface area (Å²) < 4.78 is 16.1. The van der Waals surface area contributed by atoms with Crippen molar-refractivity contribution in [1.29, 1.82) is 0 Å². The van der Waals surface area contributed by atoms with Crippen molar-refractivity contribution in [2.75, 3.05) is 0 Å². The van der Waals surface area contributed by atoms with Crippen LogP contribution in [0.15, 0.2) is 12.2 Å². The molecule has 55 heavy (non-hydrogen) atoms. The first-order valence-corrected chi connectivity index (χ1v) is 22.7. The van der Waals surface area contributed by atoms with E-state index in [1.807, 2.05) is 47.6 Å². The van der Waals surface area contributed by atoms with Gasteiger partial charge in [-0.3, -0.25) is 0 Å². The third-order valence-electron chi connectivity index (χ3n) is 9.87. The van der Waals surface area contributed by atoms with Crippen LogP contribution < -0.4 is 10.6 Å². The van der Waals surface area contributed by atoms with Crippen molar-refractivity contribution in [2.45, 2.75) is 271 Å². The van der Waals surface area contributed by atoms with E-state index in [0.29, 0.717) is 0 Å². The van der Waals surface area contributed by atoms with Crippen LogP contribution >= 0.6 is 0 Å². The molecule has 2 amide bonds. The van der Waals surface area contributed by atoms with Crippen molar-refractivity contribution in [1.82, 2.24) is 10.6 Å². The summed E-state index contributed by atoms with van der Waals surface area (Å²) in [6.45, 7) is 19.0. The third kappa shape index (κ3) is 34.0. The summed E-state index contributed by atoms with van der Waals surface area (Å²) in [6.07, 6.45) is 32.8. The molecule has 0 saturated carbocycles. The van der Waals surface area contributed by atoms with Crippen LogP contribution in [0.2, 0.25) is 0 Å². The van der Waals surface area contributed by atoms with Gasteiger partial charge in [-0.15, -0.1) is 0 Å². The van der Waals surface area contributed by atoms with Crippen molar-refractivity contribution < 1.29 is 34.0 Å². The van der Waals surface area contributed by atoms with Gasteiger partial charge in [-0.2, -0.15) is 0 Å². The van der Waals surface area contributed by atoms with Gasteiger partial charge < -0.3 is 35.1 Å². The van der Waals surface area contributed by atoms with Crippen LogP contribution in [0.25, 0.3) is 0 Å². The van der Waals surface area contributed by atoms with E-state index in [1.165, 1.54) is 128 Å². The van der Waals surface area contributed by atoms with E-state index in [4.69, 9.17) is 14.2 Å². The zero-order chi connectivity index (χ0) is 41.5. The number of carbonyl (C=O) groups excluding carboxylic acids is 2. The molecular weight excluding hydrogens is 693 g/mol. The first-order chi connectivity index (χ1) is 26.0. The Morgan fingerprint density at radius 2 is 0.964 bits per heavy atom. The molecule has 0 spiro atoms. The number of epoxide rings is 1. The van der Waals surface area contributed by atoms with E-state index in [9.17, 15) is 19.8 Å². The van der Waals surface area contributed by atoms with E-state index in [2.05, 4.69) is 24.5 Å². The van der Waals surface area contributed by atoms with Gasteiger partial charge in [0.2, 0.25) is 0 Å². The number of aliphatic hydroxyl groups is 2. The Morgan fingerprint density at radius 1 is 0.600 bits per heavy atom. The zero-order valence-corrected chi connectivity index (χ0v) is 37.5. The first kappa shape index (κ1) is 53.2. The van der Waals surface area contributed by atoms with Crippen LogP contribution in [-0.2, 0) is 14.2 Å². The average molecular weight is 783 g/mol. The molecule has 1 aliphatic heterocycles. The maximum atomic E-state index is 11.8. The first-order valence-electron chi connectivity index (χ1n) is 22.7. The lowest BCUT2D eigenvalue weighted by atomic mass is 10.0. The molecule has 2 unspecified atom stereocenters. The van der Waals surface area contributed by atoms with Crippen LogP contribution in [0.5, 0.6) is 0 Å². The number of nitrogens with one attached hydrogen (secondary N) is 2. The Balaban J connectivity index is 0.00000106. The number of hydrogen-bond acceptors (Lipinski definition) is 7. The summed E-state index contributed by atoms with van der Waals surface area (Å²) in [5.74, 6) is 0. The standard InChI is InChI=1S/C23H45NO4.C23H45NO3/c1-6-7-8-9-10-11-12-13-14-15-16-17-19-21(27-19)20(25)18(2)24-22(26)28-23(3,4)5;1-6-7-8-9-10-11-12-13-14-15-16-17-18-19-21(25)20(2)24-22(26)27-23(3,4)5/h18-21,25H,6-17H2,1-5H3,(H,24,26);18-21,25H,6-17H2,1-5H3,(H,24,26)/b;19-18+/t18?,19-,20+,21+;20?,21-/m00/s1. The molecule has 0 aromatic heterocycles. The molecule has 1 rings (SSSR count). The number of allylic oxidation sites excluding steroid dienone is 1. The van der Waals surface area contributed by atoms with Crippen molar-refractivity contribution in [3.8, 4) is 0 Å². The Bertz CT molecular complexity index is 961. The second-order valence-electron chi connectivity index (χ2n) is 18.1. The van der Waals surface area contributed by atoms with E-state index < -0.39 is 35.6 Å². The summed E-state index contributed by atoms with van der Waals surface area (Å²) in [5, 5.41) is 25.8. The molecule has 1 heterocycles. The lowest BCUT2D eigenvalue weighted by Crippen LogP contribution is -2.46. The monoisotopic (exact) mass is 783 g/mol. The molecule has 1 saturated heterocycles. The molecule has 0 bridgehead atoms. The van der Waals surface area contributed by atoms with Gasteiger partial charge in [0.15, 0.2) is 0 Å². The molecule has 0 aromatic carbocycles. The maximum absolute atomic E-state index is 11.8. The van der Waals surface area contributed by atoms with Crippen molar-refractivity contribution >= 4 is 12.2 Å². The summed E-state index contributed by atoms with van der Waals surface area (Å²) >= 11 is 0. The molecule has 1 fully saturated rings. The third-order valence-corrected chi connectivity index (χ3v) is 9.87. The Kier molecular flexibility index (Phi) is 31.1. The highest BCUT2D eigenvalue weighted by atomic mass is 16.6. The zero-order valence-electron chi connectivity index (χ0n) is 37.5. The SMILES string of the molecule is CCCCCCCCCCCCC/C=C/[C@H](O)C(C)NC(=O)OC(C)(C)C.CCCCCCCCCCCCC[C@@H]1O[C@H]1[C@H](O)C(C)NC(=O)OC(C)(C)C. The van der Waals surface area contributed by atoms with Gasteiger partial charge in [-0.25, -0.2) is 9.59 Å². The van der Waals surface area contributed by atoms with Crippen LogP contribution in [0.3, 0.4) is 0 Å². The fraction of sp³-hybridized carbons (Fsp3) is 0.913. The van der Waals surface area contributed by atoms with Gasteiger partial charge in [0.05, 0.1) is 24.3 Å². The largest absolute Gasteiger partial charge is 0.444 e. The molecule has 326 valence electrons. The lowest BCUT2D eigenvalue weighted by Gasteiger charge is -2.23. The van der Waals surface area contributed by atoms with Gasteiger partial charge in [0.1, 0.15) is 23.4 Å². The average Bonchev–Trinajstić information content (AvgIpc) is 3.86. The number of hydrogen-bond donors (Lipinski definition) is 4. The predicted octanol–water partition coefficient (Wildman–Crippen LogP) is 12.2. The minimum absolute atomic E-state index is 0.136. The quantitative estimate of drug-likeness (QED) is 0.0324. The Morgan fingerprint density at radius 3 is 1.36 bits per heavy atom. The van der Waals surface area contributed by atoms with Crippen LogP contribution in [0.1, 0.15) is 223 Å². The fourth-order valence-corrected chi connectivity index (χ4v) is 6.47. The number of amides is 2. The van der Waals surface area contributed by atoms with Crippen molar-refractivity contribution in [3.05, 3.63) is 12.2 Å². The Hall–Kier alpha value is -1.84. The van der Waals surface area contributed by atoms with Crippen molar-refractivity contribution in [2.24, 2.45) is 0 Å². The van der Waals surface area contributed by atoms with E-state index in [0.717, 1.165) is 25.7 Å². The van der Waals surface area contributed by atoms with Gasteiger partial charge in [-0.05, 0) is 74.7 Å².